The van der Waals surface area contributed by atoms with Gasteiger partial charge in [-0.3, -0.25) is 14.7 Å². The summed E-state index contributed by atoms with van der Waals surface area (Å²) in [7, 11) is 0. The molecule has 1 aromatic heterocycles. The van der Waals surface area contributed by atoms with Gasteiger partial charge in [0.2, 0.25) is 5.91 Å². The van der Waals surface area contributed by atoms with Crippen molar-refractivity contribution in [2.24, 2.45) is 5.92 Å². The van der Waals surface area contributed by atoms with Crippen molar-refractivity contribution in [1.82, 2.24) is 14.8 Å². The Bertz CT molecular complexity index is 786. The molecule has 1 aromatic carbocycles. The maximum absolute atomic E-state index is 13.2. The van der Waals surface area contributed by atoms with Gasteiger partial charge in [-0.25, -0.2) is 0 Å². The molecular formula is C23H27N3O. The third-order valence-electron chi connectivity index (χ3n) is 6.89. The van der Waals surface area contributed by atoms with E-state index in [1.807, 2.05) is 12.3 Å². The Morgan fingerprint density at radius 3 is 2.59 bits per heavy atom. The van der Waals surface area contributed by atoms with Crippen LogP contribution in [0.3, 0.4) is 0 Å². The minimum atomic E-state index is 0.320. The second-order valence-electron chi connectivity index (χ2n) is 8.28. The molecule has 4 saturated heterocycles. The molecule has 4 aliphatic rings. The fourth-order valence-electron chi connectivity index (χ4n) is 5.64. The first-order chi connectivity index (χ1) is 13.3. The minimum Gasteiger partial charge on any atom is -0.337 e. The average Bonchev–Trinajstić information content (AvgIpc) is 3.17. The lowest BCUT2D eigenvalue weighted by Crippen LogP contribution is -2.60. The van der Waals surface area contributed by atoms with Crippen molar-refractivity contribution < 1.29 is 4.79 Å². The van der Waals surface area contributed by atoms with Crippen molar-refractivity contribution in [3.05, 3.63) is 66.0 Å². The van der Waals surface area contributed by atoms with Gasteiger partial charge in [0.05, 0.1) is 6.04 Å². The lowest BCUT2D eigenvalue weighted by molar-refractivity contribution is -0.135. The van der Waals surface area contributed by atoms with Crippen LogP contribution >= 0.6 is 0 Å². The van der Waals surface area contributed by atoms with E-state index in [0.717, 1.165) is 18.5 Å². The summed E-state index contributed by atoms with van der Waals surface area (Å²) in [5, 5.41) is 0. The van der Waals surface area contributed by atoms with Crippen LogP contribution in [-0.2, 0) is 11.2 Å². The number of pyridine rings is 1. The number of rotatable bonds is 4. The Hall–Kier alpha value is -2.20. The third-order valence-corrected chi connectivity index (χ3v) is 6.89. The quantitative estimate of drug-likeness (QED) is 0.840. The number of aryl methyl sites for hydroxylation is 1. The summed E-state index contributed by atoms with van der Waals surface area (Å²) >= 11 is 0. The lowest BCUT2D eigenvalue weighted by Gasteiger charge is -2.51. The Labute approximate surface area is 161 Å². The third kappa shape index (κ3) is 3.06. The van der Waals surface area contributed by atoms with Gasteiger partial charge >= 0.3 is 0 Å². The van der Waals surface area contributed by atoms with Crippen molar-refractivity contribution in [2.45, 2.75) is 43.7 Å². The molecule has 2 bridgehead atoms. The molecule has 4 heteroatoms. The minimum absolute atomic E-state index is 0.320. The van der Waals surface area contributed by atoms with Gasteiger partial charge in [0, 0.05) is 37.3 Å². The summed E-state index contributed by atoms with van der Waals surface area (Å²) in [4.78, 5) is 22.3. The van der Waals surface area contributed by atoms with Gasteiger partial charge in [-0.1, -0.05) is 36.4 Å². The van der Waals surface area contributed by atoms with Crippen LogP contribution in [0.2, 0.25) is 0 Å². The number of amides is 1. The Balaban J connectivity index is 1.38. The molecule has 27 heavy (non-hydrogen) atoms. The monoisotopic (exact) mass is 361 g/mol. The van der Waals surface area contributed by atoms with Crippen molar-refractivity contribution in [1.29, 1.82) is 0 Å². The molecule has 4 aliphatic heterocycles. The fourth-order valence-corrected chi connectivity index (χ4v) is 5.64. The van der Waals surface area contributed by atoms with E-state index < -0.39 is 0 Å². The molecule has 5 heterocycles. The van der Waals surface area contributed by atoms with Gasteiger partial charge in [-0.05, 0) is 55.5 Å². The first-order valence-corrected chi connectivity index (χ1v) is 10.3. The smallest absolute Gasteiger partial charge is 0.223 e. The highest BCUT2D eigenvalue weighted by Gasteiger charge is 2.54. The number of carbonyl (C=O) groups is 1. The number of benzene rings is 1. The molecule has 0 N–H and O–H groups in total. The van der Waals surface area contributed by atoms with Crippen LogP contribution < -0.4 is 0 Å². The van der Waals surface area contributed by atoms with Crippen LogP contribution in [0.25, 0.3) is 0 Å². The maximum Gasteiger partial charge on any atom is 0.223 e. The van der Waals surface area contributed by atoms with E-state index in [4.69, 9.17) is 0 Å². The lowest BCUT2D eigenvalue weighted by atomic mass is 9.75. The molecule has 4 fully saturated rings. The molecule has 1 amide bonds. The zero-order valence-electron chi connectivity index (χ0n) is 15.7. The molecule has 0 aliphatic carbocycles. The first-order valence-electron chi connectivity index (χ1n) is 10.3. The molecule has 0 saturated carbocycles. The number of fused-ring (bicyclic) bond motifs is 2. The van der Waals surface area contributed by atoms with Crippen LogP contribution in [0, 0.1) is 5.92 Å². The summed E-state index contributed by atoms with van der Waals surface area (Å²) in [5.74, 6) is 1.44. The zero-order valence-corrected chi connectivity index (χ0v) is 15.7. The molecule has 0 radical (unpaired) electrons. The van der Waals surface area contributed by atoms with Crippen LogP contribution in [0.4, 0.5) is 0 Å². The topological polar surface area (TPSA) is 36.4 Å². The molecule has 6 rings (SSSR count). The second-order valence-corrected chi connectivity index (χ2v) is 8.28. The SMILES string of the molecule is O=C(CCc1cccnc1)N1C[C@@H](c2ccccc2)[C@@H]2[C@H]1C1CCN2CC1. The summed E-state index contributed by atoms with van der Waals surface area (Å²) in [6, 6.07) is 15.8. The van der Waals surface area contributed by atoms with Gasteiger partial charge in [-0.2, -0.15) is 0 Å². The highest BCUT2D eigenvalue weighted by atomic mass is 16.2. The van der Waals surface area contributed by atoms with Crippen molar-refractivity contribution in [3.63, 3.8) is 0 Å². The highest BCUT2D eigenvalue weighted by molar-refractivity contribution is 5.77. The molecule has 3 atom stereocenters. The predicted octanol–water partition coefficient (Wildman–Crippen LogP) is 3.10. The standard InChI is InChI=1S/C23H27N3O/c27-21(9-8-17-5-4-12-24-15-17)26-16-20(18-6-2-1-3-7-18)23-22(26)19-10-13-25(23)14-11-19/h1-7,12,15,19-20,22-23H,8-11,13-14,16H2/t20-,22+,23+/m0/s1. The van der Waals surface area contributed by atoms with E-state index >= 15 is 0 Å². The van der Waals surface area contributed by atoms with E-state index in [1.165, 1.54) is 31.5 Å². The average molecular weight is 361 g/mol. The molecule has 140 valence electrons. The van der Waals surface area contributed by atoms with Gasteiger partial charge in [0.1, 0.15) is 0 Å². The van der Waals surface area contributed by atoms with E-state index in [2.05, 4.69) is 51.2 Å². The molecule has 0 spiro atoms. The van der Waals surface area contributed by atoms with Crippen LogP contribution in [0.5, 0.6) is 0 Å². The van der Waals surface area contributed by atoms with E-state index in [1.54, 1.807) is 6.20 Å². The Morgan fingerprint density at radius 1 is 1.04 bits per heavy atom. The number of aromatic nitrogens is 1. The number of hydrogen-bond donors (Lipinski definition) is 0. The molecular weight excluding hydrogens is 334 g/mol. The van der Waals surface area contributed by atoms with Crippen molar-refractivity contribution in [2.75, 3.05) is 19.6 Å². The molecule has 2 aromatic rings. The fraction of sp³-hybridized carbons (Fsp3) is 0.478. The molecule has 4 nitrogen and oxygen atoms in total. The Kier molecular flexibility index (Phi) is 4.44. The first kappa shape index (κ1) is 16.9. The number of piperidine rings is 3. The number of carbonyl (C=O) groups excluding carboxylic acids is 1. The zero-order chi connectivity index (χ0) is 18.2. The maximum atomic E-state index is 13.2. The number of likely N-dealkylation sites (tertiary alicyclic amines) is 1. The van der Waals surface area contributed by atoms with Crippen LogP contribution in [0.15, 0.2) is 54.9 Å². The number of nitrogens with zero attached hydrogens (tertiary/aromatic N) is 3. The largest absolute Gasteiger partial charge is 0.337 e. The van der Waals surface area contributed by atoms with Gasteiger partial charge in [-0.15, -0.1) is 0 Å². The van der Waals surface area contributed by atoms with Crippen molar-refractivity contribution in [3.8, 4) is 0 Å². The van der Waals surface area contributed by atoms with Gasteiger partial charge in [0.25, 0.3) is 0 Å². The van der Waals surface area contributed by atoms with Crippen molar-refractivity contribution >= 4 is 5.91 Å². The Morgan fingerprint density at radius 2 is 1.85 bits per heavy atom. The van der Waals surface area contributed by atoms with E-state index in [-0.39, 0.29) is 0 Å². The van der Waals surface area contributed by atoms with E-state index in [9.17, 15) is 4.79 Å². The van der Waals surface area contributed by atoms with E-state index in [0.29, 0.717) is 36.2 Å². The second kappa shape index (κ2) is 7.08. The normalized spacial score (nSPS) is 31.7. The van der Waals surface area contributed by atoms with Gasteiger partial charge in [0.15, 0.2) is 0 Å². The number of hydrogen-bond acceptors (Lipinski definition) is 3. The van der Waals surface area contributed by atoms with Crippen LogP contribution in [0.1, 0.15) is 36.3 Å². The summed E-state index contributed by atoms with van der Waals surface area (Å²) in [6.45, 7) is 3.28. The summed E-state index contributed by atoms with van der Waals surface area (Å²) < 4.78 is 0. The predicted molar refractivity (Wildman–Crippen MR) is 105 cm³/mol. The van der Waals surface area contributed by atoms with Gasteiger partial charge < -0.3 is 4.90 Å². The highest BCUT2D eigenvalue weighted by Crippen LogP contribution is 2.46. The van der Waals surface area contributed by atoms with Crippen LogP contribution in [-0.4, -0.2) is 52.4 Å². The molecule has 0 unspecified atom stereocenters. The summed E-state index contributed by atoms with van der Waals surface area (Å²) in [6.07, 6.45) is 7.52. The summed E-state index contributed by atoms with van der Waals surface area (Å²) in [5.41, 5.74) is 2.54.